The van der Waals surface area contributed by atoms with Gasteiger partial charge in [0.05, 0.1) is 11.0 Å². The van der Waals surface area contributed by atoms with E-state index in [1.165, 1.54) is 12.4 Å². The molecule has 1 saturated heterocycles. The minimum absolute atomic E-state index is 0.0741. The third-order valence-electron chi connectivity index (χ3n) is 4.61. The fraction of sp³-hybridized carbons (Fsp3) is 0.278. The number of nitrogens with zero attached hydrogens (tertiary/aromatic N) is 4. The maximum absolute atomic E-state index is 12.8. The second-order valence-electron chi connectivity index (χ2n) is 6.29. The number of H-pyrrole nitrogens is 1. The monoisotopic (exact) mass is 351 g/mol. The lowest BCUT2D eigenvalue weighted by Crippen LogP contribution is -2.40. The van der Waals surface area contributed by atoms with Gasteiger partial charge in [-0.3, -0.25) is 4.79 Å². The number of carboxylic acid groups (broad SMARTS) is 1. The molecule has 1 aromatic carbocycles. The van der Waals surface area contributed by atoms with E-state index in [-0.39, 0.29) is 17.3 Å². The van der Waals surface area contributed by atoms with Gasteiger partial charge < -0.3 is 15.0 Å². The van der Waals surface area contributed by atoms with Crippen molar-refractivity contribution in [2.45, 2.75) is 18.8 Å². The summed E-state index contributed by atoms with van der Waals surface area (Å²) in [5, 5.41) is 9.24. The molecule has 0 bridgehead atoms. The Morgan fingerprint density at radius 1 is 1.15 bits per heavy atom. The Bertz CT molecular complexity index is 951. The minimum Gasteiger partial charge on any atom is -0.476 e. The number of likely N-dealkylation sites (tertiary alicyclic amines) is 1. The Labute approximate surface area is 148 Å². The number of fused-ring (bicyclic) bond motifs is 1. The van der Waals surface area contributed by atoms with E-state index in [1.54, 1.807) is 4.90 Å². The number of carbonyl (C=O) groups is 2. The number of aromatic carboxylic acids is 1. The largest absolute Gasteiger partial charge is 0.476 e. The Kier molecular flexibility index (Phi) is 4.08. The molecule has 1 amide bonds. The van der Waals surface area contributed by atoms with E-state index >= 15 is 0 Å². The molecule has 8 nitrogen and oxygen atoms in total. The van der Waals surface area contributed by atoms with E-state index in [1.807, 2.05) is 24.3 Å². The zero-order chi connectivity index (χ0) is 18.1. The first-order chi connectivity index (χ1) is 12.6. The number of nitrogens with one attached hydrogen (secondary N) is 1. The van der Waals surface area contributed by atoms with Gasteiger partial charge in [-0.15, -0.1) is 0 Å². The molecular weight excluding hydrogens is 334 g/mol. The van der Waals surface area contributed by atoms with Crippen molar-refractivity contribution in [2.75, 3.05) is 13.1 Å². The molecular formula is C18H17N5O3. The van der Waals surface area contributed by atoms with Crippen LogP contribution in [0.4, 0.5) is 0 Å². The summed E-state index contributed by atoms with van der Waals surface area (Å²) in [6, 6.07) is 7.80. The smallest absolute Gasteiger partial charge is 0.356 e. The van der Waals surface area contributed by atoms with Crippen molar-refractivity contribution in [2.24, 2.45) is 0 Å². The van der Waals surface area contributed by atoms with Crippen molar-refractivity contribution in [3.05, 3.63) is 53.9 Å². The molecule has 0 aliphatic carbocycles. The number of para-hydroxylation sites is 2. The van der Waals surface area contributed by atoms with Gasteiger partial charge in [0.15, 0.2) is 11.4 Å². The molecule has 0 spiro atoms. The van der Waals surface area contributed by atoms with E-state index in [9.17, 15) is 14.7 Å². The normalized spacial score (nSPS) is 17.4. The summed E-state index contributed by atoms with van der Waals surface area (Å²) in [6.07, 6.45) is 4.33. The van der Waals surface area contributed by atoms with Gasteiger partial charge in [0.1, 0.15) is 5.82 Å². The summed E-state index contributed by atoms with van der Waals surface area (Å²) >= 11 is 0. The van der Waals surface area contributed by atoms with Gasteiger partial charge in [0.25, 0.3) is 5.91 Å². The third-order valence-corrected chi connectivity index (χ3v) is 4.61. The summed E-state index contributed by atoms with van der Waals surface area (Å²) in [5.41, 5.74) is 1.43. The van der Waals surface area contributed by atoms with Crippen LogP contribution >= 0.6 is 0 Å². The first-order valence-electron chi connectivity index (χ1n) is 8.41. The average molecular weight is 351 g/mol. The molecule has 8 heteroatoms. The van der Waals surface area contributed by atoms with Crippen LogP contribution < -0.4 is 0 Å². The van der Waals surface area contributed by atoms with Crippen LogP contribution in [-0.2, 0) is 0 Å². The van der Waals surface area contributed by atoms with Gasteiger partial charge in [0, 0.05) is 31.4 Å². The number of carboxylic acids is 1. The molecule has 0 saturated carbocycles. The second kappa shape index (κ2) is 6.55. The molecule has 1 aliphatic heterocycles. The van der Waals surface area contributed by atoms with Crippen LogP contribution in [0.3, 0.4) is 0 Å². The molecule has 3 heterocycles. The quantitative estimate of drug-likeness (QED) is 0.747. The van der Waals surface area contributed by atoms with Crippen LogP contribution in [0.1, 0.15) is 45.6 Å². The predicted octanol–water partition coefficient (Wildman–Crippen LogP) is 2.07. The lowest BCUT2D eigenvalue weighted by Gasteiger charge is -2.31. The summed E-state index contributed by atoms with van der Waals surface area (Å²) in [6.45, 7) is 1.03. The lowest BCUT2D eigenvalue weighted by molar-refractivity contribution is 0.0648. The number of hydrogen-bond acceptors (Lipinski definition) is 5. The fourth-order valence-corrected chi connectivity index (χ4v) is 3.35. The van der Waals surface area contributed by atoms with Crippen molar-refractivity contribution < 1.29 is 14.7 Å². The highest BCUT2D eigenvalue weighted by atomic mass is 16.4. The molecule has 1 atom stereocenters. The van der Waals surface area contributed by atoms with E-state index < -0.39 is 11.9 Å². The summed E-state index contributed by atoms with van der Waals surface area (Å²) in [7, 11) is 0. The van der Waals surface area contributed by atoms with Crippen molar-refractivity contribution in [1.29, 1.82) is 0 Å². The van der Waals surface area contributed by atoms with Crippen molar-refractivity contribution in [1.82, 2.24) is 24.8 Å². The predicted molar refractivity (Wildman–Crippen MR) is 93.0 cm³/mol. The topological polar surface area (TPSA) is 112 Å². The Hall–Kier alpha value is -3.29. The van der Waals surface area contributed by atoms with Gasteiger partial charge in [-0.25, -0.2) is 19.7 Å². The number of hydrogen-bond donors (Lipinski definition) is 2. The lowest BCUT2D eigenvalue weighted by atomic mass is 9.97. The maximum atomic E-state index is 12.8. The molecule has 1 fully saturated rings. The summed E-state index contributed by atoms with van der Waals surface area (Å²) < 4.78 is 0. The molecule has 0 radical (unpaired) electrons. The molecule has 132 valence electrons. The molecule has 4 rings (SSSR count). The zero-order valence-electron chi connectivity index (χ0n) is 13.9. The van der Waals surface area contributed by atoms with Gasteiger partial charge in [-0.1, -0.05) is 12.1 Å². The molecule has 3 aromatic rings. The summed E-state index contributed by atoms with van der Waals surface area (Å²) in [5.74, 6) is -0.741. The summed E-state index contributed by atoms with van der Waals surface area (Å²) in [4.78, 5) is 41.4. The van der Waals surface area contributed by atoms with Crippen LogP contribution in [0.5, 0.6) is 0 Å². The third kappa shape index (κ3) is 2.90. The van der Waals surface area contributed by atoms with Crippen molar-refractivity contribution >= 4 is 22.9 Å². The van der Waals surface area contributed by atoms with E-state index in [2.05, 4.69) is 19.9 Å². The van der Waals surface area contributed by atoms with Gasteiger partial charge in [0.2, 0.25) is 0 Å². The highest BCUT2D eigenvalue weighted by Crippen LogP contribution is 2.27. The van der Waals surface area contributed by atoms with Crippen LogP contribution in [-0.4, -0.2) is 54.9 Å². The van der Waals surface area contributed by atoms with Crippen molar-refractivity contribution in [3.63, 3.8) is 0 Å². The zero-order valence-corrected chi connectivity index (χ0v) is 13.9. The number of amides is 1. The van der Waals surface area contributed by atoms with Crippen LogP contribution in [0.25, 0.3) is 11.0 Å². The average Bonchev–Trinajstić information content (AvgIpc) is 3.12. The number of piperidine rings is 1. The standard InChI is InChI=1S/C18H17N5O3/c24-17(14-15(18(25)26)20-8-7-19-14)23-9-3-4-11(10-23)16-21-12-5-1-2-6-13(12)22-16/h1-2,5-8,11H,3-4,9-10H2,(H,21,22)(H,25,26). The van der Waals surface area contributed by atoms with Crippen LogP contribution in [0, 0.1) is 0 Å². The molecule has 2 N–H and O–H groups in total. The van der Waals surface area contributed by atoms with Gasteiger partial charge >= 0.3 is 5.97 Å². The van der Waals surface area contributed by atoms with Crippen molar-refractivity contribution in [3.8, 4) is 0 Å². The molecule has 26 heavy (non-hydrogen) atoms. The highest BCUT2D eigenvalue weighted by molar-refractivity contribution is 6.02. The number of benzene rings is 1. The number of imidazole rings is 1. The Balaban J connectivity index is 1.59. The highest BCUT2D eigenvalue weighted by Gasteiger charge is 2.30. The van der Waals surface area contributed by atoms with Gasteiger partial charge in [-0.2, -0.15) is 0 Å². The molecule has 1 unspecified atom stereocenters. The Morgan fingerprint density at radius 3 is 2.69 bits per heavy atom. The fourth-order valence-electron chi connectivity index (χ4n) is 3.35. The SMILES string of the molecule is O=C(O)c1nccnc1C(=O)N1CCCC(c2nc3ccccc3[nH]2)C1. The van der Waals surface area contributed by atoms with E-state index in [0.29, 0.717) is 13.1 Å². The molecule has 2 aromatic heterocycles. The first-order valence-corrected chi connectivity index (χ1v) is 8.41. The molecule has 1 aliphatic rings. The minimum atomic E-state index is -1.26. The first kappa shape index (κ1) is 16.2. The maximum Gasteiger partial charge on any atom is 0.356 e. The number of aromatic amines is 1. The van der Waals surface area contributed by atoms with Crippen LogP contribution in [0.2, 0.25) is 0 Å². The van der Waals surface area contributed by atoms with Gasteiger partial charge in [-0.05, 0) is 25.0 Å². The number of carbonyl (C=O) groups excluding carboxylic acids is 1. The number of aromatic nitrogens is 4. The second-order valence-corrected chi connectivity index (χ2v) is 6.29. The van der Waals surface area contributed by atoms with Crippen LogP contribution in [0.15, 0.2) is 36.7 Å². The number of rotatable bonds is 3. The van der Waals surface area contributed by atoms with E-state index in [4.69, 9.17) is 0 Å². The van der Waals surface area contributed by atoms with E-state index in [0.717, 1.165) is 29.7 Å². The Morgan fingerprint density at radius 2 is 1.92 bits per heavy atom.